The monoisotopic (exact) mass is 313 g/mol. The second-order valence-electron chi connectivity index (χ2n) is 4.00. The van der Waals surface area contributed by atoms with Crippen LogP contribution in [0.15, 0.2) is 12.1 Å². The molecular weight excluding hydrogens is 307 g/mol. The summed E-state index contributed by atoms with van der Waals surface area (Å²) in [6.07, 6.45) is -0.426. The summed E-state index contributed by atoms with van der Waals surface area (Å²) in [5.41, 5.74) is -0.508. The van der Waals surface area contributed by atoms with Crippen molar-refractivity contribution in [3.05, 3.63) is 29.6 Å². The highest BCUT2D eigenvalue weighted by Crippen LogP contribution is 2.30. The number of nitrogens with zero attached hydrogens (tertiary/aromatic N) is 1. The molecule has 104 valence electrons. The second-order valence-corrected chi connectivity index (χ2v) is 6.91. The van der Waals surface area contributed by atoms with Gasteiger partial charge in [0.1, 0.15) is 5.25 Å². The molecule has 1 atom stereocenters. The Kier molecular flexibility index (Phi) is 3.48. The van der Waals surface area contributed by atoms with Crippen molar-refractivity contribution >= 4 is 31.3 Å². The number of carbonyl (C=O) groups excluding carboxylic acids is 1. The molecule has 1 aromatic carbocycles. The largest absolute Gasteiger partial charge is 0.308 e. The van der Waals surface area contributed by atoms with E-state index in [1.807, 2.05) is 0 Å². The van der Waals surface area contributed by atoms with Crippen LogP contribution in [0, 0.1) is 17.5 Å². The molecule has 1 heterocycles. The smallest absolute Gasteiger partial charge is 0.237 e. The number of amides is 1. The standard InChI is InChI=1S/C10H7ClF3NO3S/c11-19(17,18)5-3-8(16)15(4-5)7-2-1-6(12)9(13)10(7)14/h1-2,5H,3-4H2. The third kappa shape index (κ3) is 2.55. The van der Waals surface area contributed by atoms with Crippen LogP contribution in [0.25, 0.3) is 0 Å². The summed E-state index contributed by atoms with van der Waals surface area (Å²) < 4.78 is 61.6. The third-order valence-electron chi connectivity index (χ3n) is 2.79. The van der Waals surface area contributed by atoms with Gasteiger partial charge >= 0.3 is 0 Å². The van der Waals surface area contributed by atoms with Crippen molar-refractivity contribution in [1.29, 1.82) is 0 Å². The van der Waals surface area contributed by atoms with Crippen molar-refractivity contribution in [2.75, 3.05) is 11.4 Å². The molecule has 1 unspecified atom stereocenters. The first-order valence-corrected chi connectivity index (χ1v) is 7.46. The first kappa shape index (κ1) is 14.1. The van der Waals surface area contributed by atoms with Crippen LogP contribution in [0.4, 0.5) is 18.9 Å². The lowest BCUT2D eigenvalue weighted by Gasteiger charge is -2.17. The second kappa shape index (κ2) is 4.68. The zero-order chi connectivity index (χ0) is 14.4. The van der Waals surface area contributed by atoms with Crippen LogP contribution in [0.1, 0.15) is 6.42 Å². The Morgan fingerprint density at radius 1 is 1.21 bits per heavy atom. The number of hydrogen-bond donors (Lipinski definition) is 0. The molecule has 1 amide bonds. The Hall–Kier alpha value is -1.28. The molecule has 0 bridgehead atoms. The van der Waals surface area contributed by atoms with Crippen LogP contribution in [0.2, 0.25) is 0 Å². The lowest BCUT2D eigenvalue weighted by atomic mass is 10.2. The van der Waals surface area contributed by atoms with Gasteiger partial charge in [0.25, 0.3) is 0 Å². The number of anilines is 1. The van der Waals surface area contributed by atoms with E-state index in [0.717, 1.165) is 11.0 Å². The topological polar surface area (TPSA) is 54.5 Å². The Labute approximate surface area is 111 Å². The summed E-state index contributed by atoms with van der Waals surface area (Å²) in [4.78, 5) is 12.3. The van der Waals surface area contributed by atoms with E-state index in [1.54, 1.807) is 0 Å². The SMILES string of the molecule is O=C1CC(S(=O)(=O)Cl)CN1c1ccc(F)c(F)c1F. The number of benzene rings is 1. The molecule has 19 heavy (non-hydrogen) atoms. The van der Waals surface area contributed by atoms with Gasteiger partial charge in [-0.2, -0.15) is 0 Å². The maximum Gasteiger partial charge on any atom is 0.237 e. The first-order chi connectivity index (χ1) is 8.71. The third-order valence-corrected chi connectivity index (χ3v) is 4.66. The van der Waals surface area contributed by atoms with E-state index in [1.165, 1.54) is 0 Å². The Balaban J connectivity index is 2.39. The van der Waals surface area contributed by atoms with Crippen molar-refractivity contribution in [1.82, 2.24) is 0 Å². The summed E-state index contributed by atoms with van der Waals surface area (Å²) in [6, 6.07) is 1.53. The minimum atomic E-state index is -3.99. The minimum absolute atomic E-state index is 0.396. The molecule has 4 nitrogen and oxygen atoms in total. The van der Waals surface area contributed by atoms with E-state index in [0.29, 0.717) is 6.07 Å². The molecule has 0 aromatic heterocycles. The van der Waals surface area contributed by atoms with Crippen molar-refractivity contribution in [2.45, 2.75) is 11.7 Å². The van der Waals surface area contributed by atoms with E-state index < -0.39 is 56.3 Å². The maximum atomic E-state index is 13.5. The predicted molar refractivity (Wildman–Crippen MR) is 61.8 cm³/mol. The average molecular weight is 314 g/mol. The highest BCUT2D eigenvalue weighted by Gasteiger charge is 2.39. The molecule has 1 fully saturated rings. The fraction of sp³-hybridized carbons (Fsp3) is 0.300. The maximum absolute atomic E-state index is 13.5. The van der Waals surface area contributed by atoms with Crippen molar-refractivity contribution in [2.24, 2.45) is 0 Å². The molecule has 0 N–H and O–H groups in total. The molecule has 1 saturated heterocycles. The summed E-state index contributed by atoms with van der Waals surface area (Å²) in [5.74, 6) is -5.38. The fourth-order valence-electron chi connectivity index (χ4n) is 1.82. The Bertz CT molecular complexity index is 650. The molecule has 1 aromatic rings. The molecule has 0 spiro atoms. The van der Waals surface area contributed by atoms with E-state index in [4.69, 9.17) is 10.7 Å². The normalized spacial score (nSPS) is 20.1. The molecule has 2 rings (SSSR count). The molecule has 0 aliphatic carbocycles. The van der Waals surface area contributed by atoms with Crippen LogP contribution >= 0.6 is 10.7 Å². The highest BCUT2D eigenvalue weighted by molar-refractivity contribution is 8.14. The summed E-state index contributed by atoms with van der Waals surface area (Å²) in [6.45, 7) is -0.396. The molecule has 1 aliphatic rings. The van der Waals surface area contributed by atoms with Gasteiger partial charge in [0.2, 0.25) is 15.0 Å². The van der Waals surface area contributed by atoms with Crippen LogP contribution in [-0.2, 0) is 13.8 Å². The lowest BCUT2D eigenvalue weighted by Crippen LogP contribution is -2.28. The van der Waals surface area contributed by atoms with Crippen LogP contribution < -0.4 is 4.90 Å². The highest BCUT2D eigenvalue weighted by atomic mass is 35.7. The zero-order valence-corrected chi connectivity index (χ0v) is 10.8. The molecule has 0 radical (unpaired) electrons. The van der Waals surface area contributed by atoms with Gasteiger partial charge < -0.3 is 4.90 Å². The van der Waals surface area contributed by atoms with Crippen molar-refractivity contribution in [3.8, 4) is 0 Å². The van der Waals surface area contributed by atoms with E-state index in [-0.39, 0.29) is 0 Å². The quantitative estimate of drug-likeness (QED) is 0.618. The van der Waals surface area contributed by atoms with E-state index in [2.05, 4.69) is 0 Å². The number of rotatable bonds is 2. The van der Waals surface area contributed by atoms with Gasteiger partial charge in [-0.05, 0) is 12.1 Å². The fourth-order valence-corrected chi connectivity index (χ4v) is 2.85. The lowest BCUT2D eigenvalue weighted by molar-refractivity contribution is -0.117. The summed E-state index contributed by atoms with van der Waals surface area (Å²) in [7, 11) is 1.13. The van der Waals surface area contributed by atoms with Gasteiger partial charge in [-0.25, -0.2) is 21.6 Å². The van der Waals surface area contributed by atoms with Gasteiger partial charge in [-0.1, -0.05) is 0 Å². The van der Waals surface area contributed by atoms with Crippen LogP contribution in [0.3, 0.4) is 0 Å². The minimum Gasteiger partial charge on any atom is -0.308 e. The summed E-state index contributed by atoms with van der Waals surface area (Å²) in [5, 5.41) is -1.20. The van der Waals surface area contributed by atoms with Crippen LogP contribution in [0.5, 0.6) is 0 Å². The Morgan fingerprint density at radius 2 is 1.84 bits per heavy atom. The van der Waals surface area contributed by atoms with E-state index >= 15 is 0 Å². The van der Waals surface area contributed by atoms with Crippen LogP contribution in [-0.4, -0.2) is 26.1 Å². The number of halogens is 4. The average Bonchev–Trinajstić information content (AvgIpc) is 2.68. The zero-order valence-electron chi connectivity index (χ0n) is 9.24. The molecular formula is C10H7ClF3NO3S. The first-order valence-electron chi connectivity index (χ1n) is 5.09. The predicted octanol–water partition coefficient (Wildman–Crippen LogP) is 1.78. The van der Waals surface area contributed by atoms with Gasteiger partial charge in [-0.3, -0.25) is 4.79 Å². The summed E-state index contributed by atoms with van der Waals surface area (Å²) >= 11 is 0. The van der Waals surface area contributed by atoms with Gasteiger partial charge in [0.05, 0.1) is 5.69 Å². The van der Waals surface area contributed by atoms with Gasteiger partial charge in [0, 0.05) is 23.6 Å². The molecule has 9 heteroatoms. The van der Waals surface area contributed by atoms with E-state index in [9.17, 15) is 26.4 Å². The number of hydrogen-bond acceptors (Lipinski definition) is 3. The van der Waals surface area contributed by atoms with Gasteiger partial charge in [0.15, 0.2) is 17.5 Å². The molecule has 1 aliphatic heterocycles. The van der Waals surface area contributed by atoms with Gasteiger partial charge in [-0.15, -0.1) is 0 Å². The Morgan fingerprint density at radius 3 is 2.37 bits per heavy atom. The molecule has 0 saturated carbocycles. The van der Waals surface area contributed by atoms with Crippen molar-refractivity contribution in [3.63, 3.8) is 0 Å². The number of carbonyl (C=O) groups is 1. The van der Waals surface area contributed by atoms with Crippen molar-refractivity contribution < 1.29 is 26.4 Å².